The maximum absolute atomic E-state index is 11.6. The summed E-state index contributed by atoms with van der Waals surface area (Å²) in [5, 5.41) is 12.3. The molecular formula is C12H18N2O3S. The topological polar surface area (TPSA) is 79.3 Å². The lowest BCUT2D eigenvalue weighted by atomic mass is 10.2. The molecule has 0 aliphatic carbocycles. The van der Waals surface area contributed by atoms with E-state index in [4.69, 9.17) is 5.11 Å². The van der Waals surface area contributed by atoms with E-state index < -0.39 is 5.97 Å². The van der Waals surface area contributed by atoms with Gasteiger partial charge in [0.15, 0.2) is 0 Å². The molecule has 0 aliphatic rings. The van der Waals surface area contributed by atoms with Gasteiger partial charge in [-0.1, -0.05) is 20.8 Å². The first kappa shape index (κ1) is 14.6. The van der Waals surface area contributed by atoms with Crippen molar-refractivity contribution >= 4 is 23.2 Å². The molecule has 0 fully saturated rings. The fourth-order valence-corrected chi connectivity index (χ4v) is 2.39. The van der Waals surface area contributed by atoms with Gasteiger partial charge in [0.05, 0.1) is 12.1 Å². The summed E-state index contributed by atoms with van der Waals surface area (Å²) >= 11 is 1.08. The Morgan fingerprint density at radius 2 is 2.11 bits per heavy atom. The van der Waals surface area contributed by atoms with Crippen molar-refractivity contribution in [3.8, 4) is 0 Å². The minimum Gasteiger partial charge on any atom is -0.477 e. The van der Waals surface area contributed by atoms with Crippen LogP contribution in [0.1, 0.15) is 41.1 Å². The zero-order valence-electron chi connectivity index (χ0n) is 10.8. The second kappa shape index (κ2) is 6.49. The van der Waals surface area contributed by atoms with Crippen molar-refractivity contribution in [2.24, 2.45) is 5.92 Å². The van der Waals surface area contributed by atoms with Crippen molar-refractivity contribution in [2.75, 3.05) is 6.54 Å². The number of amides is 1. The number of aromatic nitrogens is 1. The summed E-state index contributed by atoms with van der Waals surface area (Å²) < 4.78 is 0. The van der Waals surface area contributed by atoms with Crippen LogP contribution in [0.15, 0.2) is 0 Å². The van der Waals surface area contributed by atoms with Crippen molar-refractivity contribution in [1.82, 2.24) is 10.3 Å². The average Bonchev–Trinajstić information content (AvgIpc) is 2.69. The molecular weight excluding hydrogens is 252 g/mol. The number of carboxylic acid groups (broad SMARTS) is 1. The van der Waals surface area contributed by atoms with Gasteiger partial charge in [-0.15, -0.1) is 11.3 Å². The minimum atomic E-state index is -0.974. The van der Waals surface area contributed by atoms with E-state index in [1.807, 2.05) is 20.8 Å². The lowest BCUT2D eigenvalue weighted by Gasteiger charge is -2.05. The number of aryl methyl sites for hydroxylation is 1. The molecule has 1 amide bonds. The predicted molar refractivity (Wildman–Crippen MR) is 70.0 cm³/mol. The van der Waals surface area contributed by atoms with Crippen molar-refractivity contribution in [1.29, 1.82) is 0 Å². The molecule has 1 aromatic heterocycles. The van der Waals surface area contributed by atoms with Crippen LogP contribution < -0.4 is 5.32 Å². The molecule has 0 saturated heterocycles. The molecule has 0 atom stereocenters. The highest BCUT2D eigenvalue weighted by Gasteiger charge is 2.17. The highest BCUT2D eigenvalue weighted by molar-refractivity contribution is 7.13. The standard InChI is InChI=1S/C12H18N2O3S/c1-4-8-11(12(16)17)18-10(14-8)5-9(15)13-6-7(2)3/h7H,4-6H2,1-3H3,(H,13,15)(H,16,17). The number of carbonyl (C=O) groups excluding carboxylic acids is 1. The Labute approximate surface area is 110 Å². The summed E-state index contributed by atoms with van der Waals surface area (Å²) in [6, 6.07) is 0. The van der Waals surface area contributed by atoms with Crippen LogP contribution in [0.25, 0.3) is 0 Å². The number of rotatable bonds is 6. The monoisotopic (exact) mass is 270 g/mol. The number of carbonyl (C=O) groups is 2. The van der Waals surface area contributed by atoms with Crippen LogP contribution in [0, 0.1) is 5.92 Å². The Morgan fingerprint density at radius 1 is 1.44 bits per heavy atom. The third kappa shape index (κ3) is 4.10. The molecule has 0 saturated carbocycles. The van der Waals surface area contributed by atoms with Gasteiger partial charge in [0, 0.05) is 6.54 Å². The van der Waals surface area contributed by atoms with E-state index >= 15 is 0 Å². The number of hydrogen-bond acceptors (Lipinski definition) is 4. The van der Waals surface area contributed by atoms with E-state index in [1.54, 1.807) is 0 Å². The van der Waals surface area contributed by atoms with E-state index in [9.17, 15) is 9.59 Å². The van der Waals surface area contributed by atoms with Crippen molar-refractivity contribution in [3.05, 3.63) is 15.6 Å². The molecule has 5 nitrogen and oxygen atoms in total. The lowest BCUT2D eigenvalue weighted by molar-refractivity contribution is -0.120. The van der Waals surface area contributed by atoms with Gasteiger partial charge in [0.2, 0.25) is 5.91 Å². The van der Waals surface area contributed by atoms with Crippen LogP contribution in [0.4, 0.5) is 0 Å². The SMILES string of the molecule is CCc1nc(CC(=O)NCC(C)C)sc1C(=O)O. The molecule has 2 N–H and O–H groups in total. The molecule has 1 heterocycles. The number of aromatic carboxylic acids is 1. The van der Waals surface area contributed by atoms with Crippen LogP contribution in [0.2, 0.25) is 0 Å². The maximum Gasteiger partial charge on any atom is 0.347 e. The van der Waals surface area contributed by atoms with E-state index in [1.165, 1.54) is 0 Å². The number of thiazole rings is 1. The van der Waals surface area contributed by atoms with Crippen molar-refractivity contribution in [2.45, 2.75) is 33.6 Å². The van der Waals surface area contributed by atoms with Gasteiger partial charge in [-0.25, -0.2) is 9.78 Å². The first-order valence-electron chi connectivity index (χ1n) is 5.92. The third-order valence-corrected chi connectivity index (χ3v) is 3.38. The van der Waals surface area contributed by atoms with Crippen LogP contribution in [-0.2, 0) is 17.6 Å². The van der Waals surface area contributed by atoms with Gasteiger partial charge in [-0.2, -0.15) is 0 Å². The second-order valence-corrected chi connectivity index (χ2v) is 5.50. The molecule has 0 radical (unpaired) electrons. The van der Waals surface area contributed by atoms with E-state index in [0.29, 0.717) is 29.6 Å². The molecule has 0 aliphatic heterocycles. The molecule has 0 bridgehead atoms. The van der Waals surface area contributed by atoms with Gasteiger partial charge in [0.25, 0.3) is 0 Å². The largest absolute Gasteiger partial charge is 0.477 e. The van der Waals surface area contributed by atoms with E-state index in [0.717, 1.165) is 11.3 Å². The highest BCUT2D eigenvalue weighted by atomic mass is 32.1. The van der Waals surface area contributed by atoms with E-state index in [2.05, 4.69) is 10.3 Å². The lowest BCUT2D eigenvalue weighted by Crippen LogP contribution is -2.28. The molecule has 6 heteroatoms. The maximum atomic E-state index is 11.6. The van der Waals surface area contributed by atoms with Crippen molar-refractivity contribution in [3.63, 3.8) is 0 Å². The van der Waals surface area contributed by atoms with Crippen LogP contribution >= 0.6 is 11.3 Å². The van der Waals surface area contributed by atoms with Crippen LogP contribution in [0.5, 0.6) is 0 Å². The first-order chi connectivity index (χ1) is 8.43. The average molecular weight is 270 g/mol. The van der Waals surface area contributed by atoms with E-state index in [-0.39, 0.29) is 17.2 Å². The zero-order valence-corrected chi connectivity index (χ0v) is 11.6. The minimum absolute atomic E-state index is 0.114. The molecule has 100 valence electrons. The van der Waals surface area contributed by atoms with Gasteiger partial charge in [-0.3, -0.25) is 4.79 Å². The first-order valence-corrected chi connectivity index (χ1v) is 6.74. The van der Waals surface area contributed by atoms with Crippen LogP contribution in [0.3, 0.4) is 0 Å². The summed E-state index contributed by atoms with van der Waals surface area (Å²) in [6.07, 6.45) is 0.712. The summed E-state index contributed by atoms with van der Waals surface area (Å²) in [5.41, 5.74) is 0.555. The Bertz CT molecular complexity index is 441. The Kier molecular flexibility index (Phi) is 5.27. The fraction of sp³-hybridized carbons (Fsp3) is 0.583. The predicted octanol–water partition coefficient (Wildman–Crippen LogP) is 1.72. The molecule has 18 heavy (non-hydrogen) atoms. The fourth-order valence-electron chi connectivity index (χ4n) is 1.40. The Hall–Kier alpha value is -1.43. The number of hydrogen-bond donors (Lipinski definition) is 2. The summed E-state index contributed by atoms with van der Waals surface area (Å²) in [6.45, 7) is 6.50. The van der Waals surface area contributed by atoms with Gasteiger partial charge in [-0.05, 0) is 12.3 Å². The molecule has 0 spiro atoms. The van der Waals surface area contributed by atoms with Gasteiger partial charge in [0.1, 0.15) is 9.88 Å². The second-order valence-electron chi connectivity index (χ2n) is 4.42. The van der Waals surface area contributed by atoms with Gasteiger partial charge >= 0.3 is 5.97 Å². The highest BCUT2D eigenvalue weighted by Crippen LogP contribution is 2.19. The Morgan fingerprint density at radius 3 is 2.56 bits per heavy atom. The van der Waals surface area contributed by atoms with Crippen LogP contribution in [-0.4, -0.2) is 28.5 Å². The Balaban J connectivity index is 2.67. The molecule has 0 unspecified atom stereocenters. The summed E-state index contributed by atoms with van der Waals surface area (Å²) in [7, 11) is 0. The third-order valence-electron chi connectivity index (χ3n) is 2.29. The van der Waals surface area contributed by atoms with Crippen molar-refractivity contribution < 1.29 is 14.7 Å². The normalized spacial score (nSPS) is 10.7. The molecule has 1 rings (SSSR count). The number of nitrogens with one attached hydrogen (secondary N) is 1. The summed E-state index contributed by atoms with van der Waals surface area (Å²) in [4.78, 5) is 27.0. The zero-order chi connectivity index (χ0) is 13.7. The number of nitrogens with zero attached hydrogens (tertiary/aromatic N) is 1. The quantitative estimate of drug-likeness (QED) is 0.825. The molecule has 1 aromatic rings. The smallest absolute Gasteiger partial charge is 0.347 e. The molecule has 0 aromatic carbocycles. The number of carboxylic acids is 1. The summed E-state index contributed by atoms with van der Waals surface area (Å²) in [5.74, 6) is -0.693. The van der Waals surface area contributed by atoms with Gasteiger partial charge < -0.3 is 10.4 Å².